The van der Waals surface area contributed by atoms with Crippen LogP contribution in [0.2, 0.25) is 0 Å². The van der Waals surface area contributed by atoms with Gasteiger partial charge in [0.2, 0.25) is 0 Å². The Morgan fingerprint density at radius 1 is 1.21 bits per heavy atom. The van der Waals surface area contributed by atoms with Crippen LogP contribution in [-0.2, 0) is 0 Å². The van der Waals surface area contributed by atoms with Crippen LogP contribution >= 0.6 is 11.3 Å². The van der Waals surface area contributed by atoms with Gasteiger partial charge < -0.3 is 0 Å². The monoisotopic (exact) mass is 395 g/mol. The van der Waals surface area contributed by atoms with E-state index in [-0.39, 0.29) is 17.8 Å². The predicted molar refractivity (Wildman–Crippen MR) is 108 cm³/mol. The lowest BCUT2D eigenvalue weighted by Crippen LogP contribution is -2.12. The average molecular weight is 395 g/mol. The van der Waals surface area contributed by atoms with Crippen LogP contribution in [0.15, 0.2) is 42.7 Å². The summed E-state index contributed by atoms with van der Waals surface area (Å²) in [7, 11) is 0. The maximum absolute atomic E-state index is 13.1. The molecule has 0 bridgehead atoms. The van der Waals surface area contributed by atoms with Crippen molar-refractivity contribution in [3.8, 4) is 11.3 Å². The van der Waals surface area contributed by atoms with Crippen molar-refractivity contribution in [1.82, 2.24) is 19.7 Å². The van der Waals surface area contributed by atoms with Gasteiger partial charge in [0.05, 0.1) is 17.5 Å². The zero-order valence-corrected chi connectivity index (χ0v) is 16.4. The van der Waals surface area contributed by atoms with Crippen molar-refractivity contribution in [2.75, 3.05) is 5.32 Å². The van der Waals surface area contributed by atoms with Gasteiger partial charge in [0.15, 0.2) is 10.8 Å². The predicted octanol–water partition coefficient (Wildman–Crippen LogP) is 4.84. The van der Waals surface area contributed by atoms with E-state index in [1.165, 1.54) is 23.5 Å². The SMILES string of the molecule is Cc1sc(NC(=O)c2cnc3c(cnn3C(C)C)c2)nc1-c1ccc(F)cc1. The summed E-state index contributed by atoms with van der Waals surface area (Å²) in [6.45, 7) is 5.97. The lowest BCUT2D eigenvalue weighted by Gasteiger charge is -2.06. The van der Waals surface area contributed by atoms with Crippen LogP contribution in [0.25, 0.3) is 22.3 Å². The maximum atomic E-state index is 13.1. The molecule has 0 aliphatic rings. The number of pyridine rings is 1. The number of benzene rings is 1. The van der Waals surface area contributed by atoms with E-state index in [9.17, 15) is 9.18 Å². The topological polar surface area (TPSA) is 72.7 Å². The molecule has 0 aliphatic carbocycles. The Kier molecular flexibility index (Phi) is 4.64. The fourth-order valence-electron chi connectivity index (χ4n) is 2.94. The molecule has 4 aromatic rings. The number of nitrogens with one attached hydrogen (secondary N) is 1. The number of thiazole rings is 1. The number of carbonyl (C=O) groups excluding carboxylic acids is 1. The minimum Gasteiger partial charge on any atom is -0.298 e. The van der Waals surface area contributed by atoms with Crippen molar-refractivity contribution in [1.29, 1.82) is 0 Å². The second-order valence-corrected chi connectivity index (χ2v) is 7.91. The highest BCUT2D eigenvalue weighted by Gasteiger charge is 2.15. The molecule has 4 rings (SSSR count). The fourth-order valence-corrected chi connectivity index (χ4v) is 3.77. The summed E-state index contributed by atoms with van der Waals surface area (Å²) in [5.74, 6) is -0.583. The van der Waals surface area contributed by atoms with Crippen LogP contribution in [-0.4, -0.2) is 25.7 Å². The molecule has 28 heavy (non-hydrogen) atoms. The molecule has 0 saturated carbocycles. The second-order valence-electron chi connectivity index (χ2n) is 6.70. The van der Waals surface area contributed by atoms with Gasteiger partial charge in [-0.05, 0) is 51.1 Å². The molecule has 0 saturated heterocycles. The van der Waals surface area contributed by atoms with Gasteiger partial charge in [0.25, 0.3) is 5.91 Å². The van der Waals surface area contributed by atoms with Gasteiger partial charge in [-0.1, -0.05) is 0 Å². The quantitative estimate of drug-likeness (QED) is 0.537. The first-order valence-corrected chi connectivity index (χ1v) is 9.62. The molecule has 6 nitrogen and oxygen atoms in total. The summed E-state index contributed by atoms with van der Waals surface area (Å²) in [6.07, 6.45) is 3.25. The summed E-state index contributed by atoms with van der Waals surface area (Å²) in [6, 6.07) is 8.09. The van der Waals surface area contributed by atoms with E-state index in [0.29, 0.717) is 10.7 Å². The molecule has 0 unspecified atom stereocenters. The van der Waals surface area contributed by atoms with Gasteiger partial charge in [-0.2, -0.15) is 5.10 Å². The van der Waals surface area contributed by atoms with Gasteiger partial charge in [0.1, 0.15) is 5.82 Å². The third-order valence-corrected chi connectivity index (χ3v) is 5.21. The normalized spacial score (nSPS) is 11.3. The highest BCUT2D eigenvalue weighted by Crippen LogP contribution is 2.30. The Morgan fingerprint density at radius 3 is 2.68 bits per heavy atom. The van der Waals surface area contributed by atoms with E-state index < -0.39 is 0 Å². The van der Waals surface area contributed by atoms with E-state index >= 15 is 0 Å². The molecule has 1 aromatic carbocycles. The molecule has 1 N–H and O–H groups in total. The molecule has 3 heterocycles. The van der Waals surface area contributed by atoms with Crippen LogP contribution in [0.5, 0.6) is 0 Å². The Balaban J connectivity index is 1.58. The molecule has 142 valence electrons. The number of hydrogen-bond donors (Lipinski definition) is 1. The van der Waals surface area contributed by atoms with Crippen molar-refractivity contribution in [3.05, 3.63) is 59.0 Å². The van der Waals surface area contributed by atoms with Gasteiger partial charge in [-0.3, -0.25) is 10.1 Å². The molecule has 0 aliphatic heterocycles. The first-order valence-electron chi connectivity index (χ1n) is 8.80. The first kappa shape index (κ1) is 18.2. The van der Waals surface area contributed by atoms with Crippen LogP contribution in [0.1, 0.15) is 35.1 Å². The number of nitrogens with zero attached hydrogens (tertiary/aromatic N) is 4. The Hall–Kier alpha value is -3.13. The van der Waals surface area contributed by atoms with Crippen molar-refractivity contribution in [2.45, 2.75) is 26.8 Å². The molecule has 0 radical (unpaired) electrons. The minimum absolute atomic E-state index is 0.188. The molecule has 1 amide bonds. The molecular weight excluding hydrogens is 377 g/mol. The van der Waals surface area contributed by atoms with Crippen LogP contribution < -0.4 is 5.32 Å². The summed E-state index contributed by atoms with van der Waals surface area (Å²) in [5, 5.41) is 8.44. The lowest BCUT2D eigenvalue weighted by atomic mass is 10.1. The van der Waals surface area contributed by atoms with E-state index in [1.54, 1.807) is 30.6 Å². The minimum atomic E-state index is -0.297. The average Bonchev–Trinajstić information content (AvgIpc) is 3.25. The molecule has 0 atom stereocenters. The number of aryl methyl sites for hydroxylation is 1. The number of anilines is 1. The first-order chi connectivity index (χ1) is 13.4. The third-order valence-electron chi connectivity index (χ3n) is 4.32. The van der Waals surface area contributed by atoms with Crippen LogP contribution in [0.3, 0.4) is 0 Å². The highest BCUT2D eigenvalue weighted by molar-refractivity contribution is 7.16. The van der Waals surface area contributed by atoms with Crippen LogP contribution in [0.4, 0.5) is 9.52 Å². The molecule has 8 heteroatoms. The largest absolute Gasteiger partial charge is 0.298 e. The van der Waals surface area contributed by atoms with Crippen molar-refractivity contribution in [3.63, 3.8) is 0 Å². The number of rotatable bonds is 4. The van der Waals surface area contributed by atoms with Crippen molar-refractivity contribution >= 4 is 33.4 Å². The zero-order chi connectivity index (χ0) is 19.8. The van der Waals surface area contributed by atoms with E-state index in [1.807, 2.05) is 25.5 Å². The number of halogens is 1. The van der Waals surface area contributed by atoms with E-state index in [2.05, 4.69) is 20.4 Å². The summed E-state index contributed by atoms with van der Waals surface area (Å²) in [5.41, 5.74) is 2.72. The molecule has 3 aromatic heterocycles. The van der Waals surface area contributed by atoms with E-state index in [4.69, 9.17) is 0 Å². The number of fused-ring (bicyclic) bond motifs is 1. The number of aromatic nitrogens is 4. The summed E-state index contributed by atoms with van der Waals surface area (Å²) in [4.78, 5) is 22.5. The third kappa shape index (κ3) is 3.38. The van der Waals surface area contributed by atoms with Gasteiger partial charge >= 0.3 is 0 Å². The zero-order valence-electron chi connectivity index (χ0n) is 15.6. The van der Waals surface area contributed by atoms with Crippen LogP contribution in [0, 0.1) is 12.7 Å². The molecule has 0 fully saturated rings. The Morgan fingerprint density at radius 2 is 1.96 bits per heavy atom. The lowest BCUT2D eigenvalue weighted by molar-refractivity contribution is 0.102. The van der Waals surface area contributed by atoms with Gasteiger partial charge in [-0.15, -0.1) is 11.3 Å². The summed E-state index contributed by atoms with van der Waals surface area (Å²) < 4.78 is 15.0. The van der Waals surface area contributed by atoms with Crippen molar-refractivity contribution < 1.29 is 9.18 Å². The van der Waals surface area contributed by atoms with Gasteiger partial charge in [-0.25, -0.2) is 19.0 Å². The second kappa shape index (κ2) is 7.12. The Bertz CT molecular complexity index is 1160. The number of amides is 1. The number of carbonyl (C=O) groups is 1. The Labute approximate surface area is 165 Å². The highest BCUT2D eigenvalue weighted by atomic mass is 32.1. The van der Waals surface area contributed by atoms with E-state index in [0.717, 1.165) is 27.2 Å². The number of hydrogen-bond acceptors (Lipinski definition) is 5. The maximum Gasteiger partial charge on any atom is 0.259 e. The fraction of sp³-hybridized carbons (Fsp3) is 0.200. The smallest absolute Gasteiger partial charge is 0.259 e. The molecule has 0 spiro atoms. The molecular formula is C20H18FN5OS. The van der Waals surface area contributed by atoms with Gasteiger partial charge in [0, 0.05) is 28.1 Å². The summed E-state index contributed by atoms with van der Waals surface area (Å²) >= 11 is 1.37. The van der Waals surface area contributed by atoms with Crippen molar-refractivity contribution in [2.24, 2.45) is 0 Å². The standard InChI is InChI=1S/C20H18FN5OS/c1-11(2)26-18-14(10-23-26)8-15(9-22-18)19(27)25-20-24-17(12(3)28-20)13-4-6-16(21)7-5-13/h4-11H,1-3H3,(H,24,25,27).